The molecule has 0 saturated carbocycles. The molecule has 0 aromatic heterocycles. The molecule has 0 aliphatic heterocycles. The lowest BCUT2D eigenvalue weighted by atomic mass is 10.4. The Kier molecular flexibility index (Phi) is 3.58. The third-order valence-corrected chi connectivity index (χ3v) is 0.966. The highest BCUT2D eigenvalue weighted by atomic mass is 79.9. The topological polar surface area (TPSA) is 0 Å². The molecule has 0 unspecified atom stereocenters. The molecular formula is C4H3BrClF3. The molecule has 0 saturated heterocycles. The Morgan fingerprint density at radius 2 is 2.00 bits per heavy atom. The Labute approximate surface area is 63.8 Å². The zero-order chi connectivity index (χ0) is 7.49. The summed E-state index contributed by atoms with van der Waals surface area (Å²) in [5.41, 5.74) is 0. The van der Waals surface area contributed by atoms with Crippen molar-refractivity contribution in [2.45, 2.75) is 12.6 Å². The van der Waals surface area contributed by atoms with Gasteiger partial charge in [-0.1, -0.05) is 11.6 Å². The summed E-state index contributed by atoms with van der Waals surface area (Å²) in [6, 6.07) is 0. The molecule has 0 atom stereocenters. The molecule has 0 fully saturated rings. The first-order valence-electron chi connectivity index (χ1n) is 2.00. The van der Waals surface area contributed by atoms with Crippen molar-refractivity contribution in [2.75, 3.05) is 0 Å². The summed E-state index contributed by atoms with van der Waals surface area (Å²) in [6.07, 6.45) is -4.30. The maximum atomic E-state index is 11.3. The largest absolute Gasteiger partial charge is 0.392 e. The molecule has 0 nitrogen and oxygen atoms in total. The highest BCUT2D eigenvalue weighted by molar-refractivity contribution is 9.12. The van der Waals surface area contributed by atoms with Crippen molar-refractivity contribution in [3.8, 4) is 0 Å². The van der Waals surface area contributed by atoms with Crippen LogP contribution in [0.1, 0.15) is 6.42 Å². The number of hydrogen-bond acceptors (Lipinski definition) is 0. The molecule has 0 bridgehead atoms. The molecule has 0 N–H and O–H groups in total. The summed E-state index contributed by atoms with van der Waals surface area (Å²) in [6.45, 7) is 0. The van der Waals surface area contributed by atoms with E-state index in [2.05, 4.69) is 15.9 Å². The summed E-state index contributed by atoms with van der Waals surface area (Å²) in [5.74, 6) is 0. The number of rotatable bonds is 1. The Hall–Kier alpha value is 0.300. The van der Waals surface area contributed by atoms with Crippen LogP contribution in [-0.4, -0.2) is 6.18 Å². The van der Waals surface area contributed by atoms with Gasteiger partial charge in [-0.25, -0.2) is 0 Å². The Morgan fingerprint density at radius 3 is 2.11 bits per heavy atom. The van der Waals surface area contributed by atoms with Crippen LogP contribution in [0, 0.1) is 0 Å². The predicted molar refractivity (Wildman–Crippen MR) is 33.5 cm³/mol. The van der Waals surface area contributed by atoms with Gasteiger partial charge < -0.3 is 0 Å². The molecule has 0 aliphatic rings. The average molecular weight is 223 g/mol. The van der Waals surface area contributed by atoms with Crippen molar-refractivity contribution >= 4 is 27.5 Å². The number of hydrogen-bond donors (Lipinski definition) is 0. The van der Waals surface area contributed by atoms with Gasteiger partial charge in [0, 0.05) is 0 Å². The van der Waals surface area contributed by atoms with Crippen LogP contribution < -0.4 is 0 Å². The standard InChI is InChI=1S/C4H3BrClF3/c5-3(6)1-2-4(7,8)9/h1H,2H2. The normalized spacial score (nSPS) is 14.1. The van der Waals surface area contributed by atoms with Crippen LogP contribution in [-0.2, 0) is 0 Å². The third-order valence-electron chi connectivity index (χ3n) is 0.488. The quantitative estimate of drug-likeness (QED) is 0.639. The minimum atomic E-state index is -4.16. The van der Waals surface area contributed by atoms with Gasteiger partial charge >= 0.3 is 6.18 Å². The van der Waals surface area contributed by atoms with Gasteiger partial charge in [-0.15, -0.1) is 0 Å². The van der Waals surface area contributed by atoms with E-state index in [0.29, 0.717) is 0 Å². The Morgan fingerprint density at radius 1 is 1.56 bits per heavy atom. The number of halogens is 5. The zero-order valence-electron chi connectivity index (χ0n) is 4.17. The van der Waals surface area contributed by atoms with Crippen LogP contribution in [0.15, 0.2) is 10.0 Å². The maximum Gasteiger partial charge on any atom is 0.392 e. The first kappa shape index (κ1) is 9.30. The minimum absolute atomic E-state index is 0.0141. The van der Waals surface area contributed by atoms with Gasteiger partial charge in [-0.2, -0.15) is 13.2 Å². The highest BCUT2D eigenvalue weighted by Crippen LogP contribution is 2.22. The molecular weight excluding hydrogens is 220 g/mol. The van der Waals surface area contributed by atoms with E-state index in [1.165, 1.54) is 0 Å². The van der Waals surface area contributed by atoms with Gasteiger partial charge in [-0.3, -0.25) is 0 Å². The van der Waals surface area contributed by atoms with Gasteiger partial charge in [-0.05, 0) is 22.0 Å². The monoisotopic (exact) mass is 222 g/mol. The molecule has 0 heterocycles. The predicted octanol–water partition coefficient (Wildman–Crippen LogP) is 3.41. The second-order valence-electron chi connectivity index (χ2n) is 1.31. The summed E-state index contributed by atoms with van der Waals surface area (Å²) in [4.78, 5) is 0. The summed E-state index contributed by atoms with van der Waals surface area (Å²) in [7, 11) is 0. The van der Waals surface area contributed by atoms with Gasteiger partial charge in [0.1, 0.15) is 0 Å². The van der Waals surface area contributed by atoms with E-state index in [-0.39, 0.29) is 3.94 Å². The number of alkyl halides is 3. The van der Waals surface area contributed by atoms with Crippen LogP contribution in [0.2, 0.25) is 0 Å². The zero-order valence-corrected chi connectivity index (χ0v) is 6.52. The van der Waals surface area contributed by atoms with E-state index in [0.717, 1.165) is 6.08 Å². The van der Waals surface area contributed by atoms with E-state index < -0.39 is 12.6 Å². The summed E-state index contributed by atoms with van der Waals surface area (Å²) in [5, 5.41) is 0. The lowest BCUT2D eigenvalue weighted by Crippen LogP contribution is -2.03. The lowest BCUT2D eigenvalue weighted by Gasteiger charge is -1.99. The van der Waals surface area contributed by atoms with Crippen LogP contribution in [0.3, 0.4) is 0 Å². The molecule has 0 spiro atoms. The lowest BCUT2D eigenvalue weighted by molar-refractivity contribution is -0.125. The third kappa shape index (κ3) is 8.30. The van der Waals surface area contributed by atoms with Crippen LogP contribution in [0.4, 0.5) is 13.2 Å². The van der Waals surface area contributed by atoms with Crippen molar-refractivity contribution in [3.63, 3.8) is 0 Å². The minimum Gasteiger partial charge on any atom is -0.171 e. The second kappa shape index (κ2) is 3.46. The van der Waals surface area contributed by atoms with Crippen LogP contribution in [0.5, 0.6) is 0 Å². The molecule has 54 valence electrons. The molecule has 0 radical (unpaired) electrons. The van der Waals surface area contributed by atoms with E-state index >= 15 is 0 Å². The smallest absolute Gasteiger partial charge is 0.171 e. The fraction of sp³-hybridized carbons (Fsp3) is 0.500. The number of allylic oxidation sites excluding steroid dienone is 1. The van der Waals surface area contributed by atoms with Crippen molar-refractivity contribution < 1.29 is 13.2 Å². The van der Waals surface area contributed by atoms with Gasteiger partial charge in [0.15, 0.2) is 0 Å². The van der Waals surface area contributed by atoms with Gasteiger partial charge in [0.05, 0.1) is 10.4 Å². The van der Waals surface area contributed by atoms with Crippen molar-refractivity contribution in [2.24, 2.45) is 0 Å². The summed E-state index contributed by atoms with van der Waals surface area (Å²) < 4.78 is 33.9. The Bertz CT molecular complexity index is 113. The SMILES string of the molecule is FC(F)(F)CC=C(Cl)Br. The van der Waals surface area contributed by atoms with Crippen molar-refractivity contribution in [1.82, 2.24) is 0 Å². The summed E-state index contributed by atoms with van der Waals surface area (Å²) >= 11 is 7.72. The molecule has 0 aliphatic carbocycles. The van der Waals surface area contributed by atoms with Crippen LogP contribution in [0.25, 0.3) is 0 Å². The fourth-order valence-electron chi connectivity index (χ4n) is 0.193. The van der Waals surface area contributed by atoms with Crippen LogP contribution >= 0.6 is 27.5 Å². The second-order valence-corrected chi connectivity index (χ2v) is 3.03. The van der Waals surface area contributed by atoms with E-state index in [4.69, 9.17) is 11.6 Å². The van der Waals surface area contributed by atoms with Crippen molar-refractivity contribution in [1.29, 1.82) is 0 Å². The van der Waals surface area contributed by atoms with Gasteiger partial charge in [0.25, 0.3) is 0 Å². The maximum absolute atomic E-state index is 11.3. The fourth-order valence-corrected chi connectivity index (χ4v) is 0.432. The van der Waals surface area contributed by atoms with Crippen molar-refractivity contribution in [3.05, 3.63) is 10.0 Å². The average Bonchev–Trinajstić information content (AvgIpc) is 1.59. The first-order chi connectivity index (χ1) is 3.92. The molecule has 0 aromatic rings. The van der Waals surface area contributed by atoms with Gasteiger partial charge in [0.2, 0.25) is 0 Å². The van der Waals surface area contributed by atoms with E-state index in [9.17, 15) is 13.2 Å². The first-order valence-corrected chi connectivity index (χ1v) is 3.17. The molecule has 0 aromatic carbocycles. The Balaban J connectivity index is 3.64. The molecule has 0 rings (SSSR count). The molecule has 5 heteroatoms. The highest BCUT2D eigenvalue weighted by Gasteiger charge is 2.24. The molecule has 0 amide bonds. The van der Waals surface area contributed by atoms with E-state index in [1.54, 1.807) is 0 Å². The molecule has 9 heavy (non-hydrogen) atoms. The van der Waals surface area contributed by atoms with E-state index in [1.807, 2.05) is 0 Å².